The van der Waals surface area contributed by atoms with Crippen LogP contribution in [0.2, 0.25) is 0 Å². The van der Waals surface area contributed by atoms with Gasteiger partial charge in [-0.05, 0) is 6.92 Å². The van der Waals surface area contributed by atoms with Crippen LogP contribution in [0, 0.1) is 0 Å². The third-order valence-electron chi connectivity index (χ3n) is 2.98. The summed E-state index contributed by atoms with van der Waals surface area (Å²) in [6, 6.07) is -2.47. The molecule has 19 heavy (non-hydrogen) atoms. The minimum Gasteiger partial charge on any atom is -0.480 e. The van der Waals surface area contributed by atoms with Crippen LogP contribution in [0.4, 0.5) is 4.79 Å². The van der Waals surface area contributed by atoms with E-state index in [0.717, 1.165) is 4.90 Å². The molecular weight excluding hydrogens is 254 g/mol. The number of aliphatic hydroxyl groups excluding tert-OH is 1. The number of likely N-dealkylation sites (N-methyl/N-ethyl adjacent to an activating group) is 1. The quantitative estimate of drug-likeness (QED) is 0.591. The highest BCUT2D eigenvalue weighted by molar-refractivity contribution is 5.88. The first-order valence-electron chi connectivity index (χ1n) is 5.93. The highest BCUT2D eigenvalue weighted by Gasteiger charge is 2.39. The van der Waals surface area contributed by atoms with E-state index in [1.807, 2.05) is 0 Å². The molecule has 0 aliphatic carbocycles. The number of β-amino-alcohol motifs (C(OH)–C–C–N with tert-alkyl or cyclic N) is 1. The number of nitrogens with one attached hydrogen (secondary N) is 1. The zero-order chi connectivity index (χ0) is 14.7. The largest absolute Gasteiger partial charge is 0.480 e. The molecule has 1 aliphatic rings. The number of carboxylic acid groups (broad SMARTS) is 1. The van der Waals surface area contributed by atoms with Gasteiger partial charge in [0.25, 0.3) is 0 Å². The second kappa shape index (κ2) is 5.87. The lowest BCUT2D eigenvalue weighted by molar-refractivity contribution is -0.141. The first kappa shape index (κ1) is 15.2. The predicted molar refractivity (Wildman–Crippen MR) is 65.4 cm³/mol. The maximum atomic E-state index is 11.9. The molecule has 3 atom stereocenters. The van der Waals surface area contributed by atoms with Crippen molar-refractivity contribution in [1.29, 1.82) is 0 Å². The molecule has 1 fully saturated rings. The number of carbonyl (C=O) groups is 3. The van der Waals surface area contributed by atoms with E-state index in [4.69, 9.17) is 5.11 Å². The minimum absolute atomic E-state index is 0.00123. The van der Waals surface area contributed by atoms with E-state index < -0.39 is 30.2 Å². The van der Waals surface area contributed by atoms with Crippen LogP contribution in [0.15, 0.2) is 0 Å². The molecule has 1 heterocycles. The lowest BCUT2D eigenvalue weighted by Gasteiger charge is -2.25. The van der Waals surface area contributed by atoms with Gasteiger partial charge in [-0.25, -0.2) is 9.59 Å². The van der Waals surface area contributed by atoms with E-state index in [1.165, 1.54) is 11.8 Å². The molecule has 1 saturated heterocycles. The minimum atomic E-state index is -1.17. The van der Waals surface area contributed by atoms with E-state index in [1.54, 1.807) is 14.1 Å². The third kappa shape index (κ3) is 3.57. The maximum Gasteiger partial charge on any atom is 0.326 e. The molecule has 3 amide bonds. The molecular formula is C11H19N3O5. The van der Waals surface area contributed by atoms with Gasteiger partial charge in [-0.1, -0.05) is 0 Å². The van der Waals surface area contributed by atoms with E-state index in [2.05, 4.69) is 5.32 Å². The Bertz CT molecular complexity index is 385. The molecule has 0 aromatic heterocycles. The van der Waals surface area contributed by atoms with Crippen LogP contribution in [-0.4, -0.2) is 76.7 Å². The monoisotopic (exact) mass is 273 g/mol. The fraction of sp³-hybridized carbons (Fsp3) is 0.727. The molecule has 1 aliphatic heterocycles. The van der Waals surface area contributed by atoms with E-state index in [9.17, 15) is 19.5 Å². The van der Waals surface area contributed by atoms with E-state index in [-0.39, 0.29) is 18.9 Å². The number of rotatable bonds is 3. The van der Waals surface area contributed by atoms with Crippen LogP contribution < -0.4 is 5.32 Å². The summed E-state index contributed by atoms with van der Waals surface area (Å²) in [6.45, 7) is 1.47. The molecule has 3 N–H and O–H groups in total. The smallest absolute Gasteiger partial charge is 0.326 e. The van der Waals surface area contributed by atoms with Crippen molar-refractivity contribution >= 4 is 17.9 Å². The maximum absolute atomic E-state index is 11.9. The molecule has 8 nitrogen and oxygen atoms in total. The van der Waals surface area contributed by atoms with Crippen molar-refractivity contribution in [2.24, 2.45) is 0 Å². The van der Waals surface area contributed by atoms with Crippen LogP contribution in [0.5, 0.6) is 0 Å². The van der Waals surface area contributed by atoms with Gasteiger partial charge in [0, 0.05) is 27.1 Å². The van der Waals surface area contributed by atoms with Gasteiger partial charge in [0.1, 0.15) is 12.1 Å². The number of likely N-dealkylation sites (tertiary alicyclic amines) is 1. The topological polar surface area (TPSA) is 110 Å². The molecule has 0 radical (unpaired) electrons. The Kier molecular flexibility index (Phi) is 4.71. The average molecular weight is 273 g/mol. The second-order valence-corrected chi connectivity index (χ2v) is 4.80. The molecule has 108 valence electrons. The fourth-order valence-corrected chi connectivity index (χ4v) is 1.99. The van der Waals surface area contributed by atoms with E-state index in [0.29, 0.717) is 0 Å². The van der Waals surface area contributed by atoms with Gasteiger partial charge in [0.05, 0.1) is 6.10 Å². The summed E-state index contributed by atoms with van der Waals surface area (Å²) in [5.74, 6) is -1.46. The van der Waals surface area contributed by atoms with Crippen LogP contribution in [0.1, 0.15) is 13.3 Å². The zero-order valence-corrected chi connectivity index (χ0v) is 11.2. The lowest BCUT2D eigenvalue weighted by atomic mass is 10.2. The summed E-state index contributed by atoms with van der Waals surface area (Å²) in [4.78, 5) is 36.9. The van der Waals surface area contributed by atoms with Crippen LogP contribution in [0.3, 0.4) is 0 Å². The van der Waals surface area contributed by atoms with Crippen LogP contribution in [-0.2, 0) is 9.59 Å². The van der Waals surface area contributed by atoms with Crippen molar-refractivity contribution in [2.75, 3.05) is 20.6 Å². The van der Waals surface area contributed by atoms with Gasteiger partial charge in [0.15, 0.2) is 0 Å². The molecule has 1 unspecified atom stereocenters. The Balaban J connectivity index is 2.67. The summed E-state index contributed by atoms with van der Waals surface area (Å²) < 4.78 is 0. The van der Waals surface area contributed by atoms with Crippen LogP contribution >= 0.6 is 0 Å². The summed E-state index contributed by atoms with van der Waals surface area (Å²) in [7, 11) is 3.12. The number of hydrogen-bond acceptors (Lipinski definition) is 4. The number of nitrogens with zero attached hydrogens (tertiary/aromatic N) is 2. The van der Waals surface area contributed by atoms with Gasteiger partial charge in [-0.15, -0.1) is 0 Å². The highest BCUT2D eigenvalue weighted by atomic mass is 16.4. The Morgan fingerprint density at radius 1 is 1.37 bits per heavy atom. The number of urea groups is 1. The first-order valence-corrected chi connectivity index (χ1v) is 5.93. The van der Waals surface area contributed by atoms with Gasteiger partial charge in [-0.2, -0.15) is 0 Å². The van der Waals surface area contributed by atoms with Crippen molar-refractivity contribution in [1.82, 2.24) is 15.1 Å². The molecule has 0 bridgehead atoms. The Morgan fingerprint density at radius 2 is 1.95 bits per heavy atom. The number of amides is 3. The average Bonchev–Trinajstić information content (AvgIpc) is 2.70. The first-order chi connectivity index (χ1) is 8.73. The normalized spacial score (nSPS) is 23.9. The Labute approximate surface area is 111 Å². The van der Waals surface area contributed by atoms with Crippen molar-refractivity contribution in [2.45, 2.75) is 31.5 Å². The lowest BCUT2D eigenvalue weighted by Crippen LogP contribution is -2.52. The summed E-state index contributed by atoms with van der Waals surface area (Å²) >= 11 is 0. The molecule has 1 rings (SSSR count). The molecule has 0 aromatic carbocycles. The van der Waals surface area contributed by atoms with Gasteiger partial charge in [-0.3, -0.25) is 4.79 Å². The number of hydrogen-bond donors (Lipinski definition) is 3. The van der Waals surface area contributed by atoms with Crippen molar-refractivity contribution in [3.63, 3.8) is 0 Å². The Hall–Kier alpha value is -1.83. The van der Waals surface area contributed by atoms with Crippen molar-refractivity contribution in [3.8, 4) is 0 Å². The van der Waals surface area contributed by atoms with Crippen LogP contribution in [0.25, 0.3) is 0 Å². The molecule has 0 saturated carbocycles. The highest BCUT2D eigenvalue weighted by Crippen LogP contribution is 2.18. The summed E-state index contributed by atoms with van der Waals surface area (Å²) in [5, 5.41) is 20.8. The SMILES string of the molecule is CC(NC(=O)N1C[C@@H](O)C[C@H]1C(=O)O)C(=O)N(C)C. The van der Waals surface area contributed by atoms with Gasteiger partial charge >= 0.3 is 12.0 Å². The zero-order valence-electron chi connectivity index (χ0n) is 11.2. The summed E-state index contributed by atoms with van der Waals surface area (Å²) in [5.41, 5.74) is 0. The molecule has 0 spiro atoms. The molecule has 8 heteroatoms. The second-order valence-electron chi connectivity index (χ2n) is 4.80. The fourth-order valence-electron chi connectivity index (χ4n) is 1.99. The molecule has 0 aromatic rings. The number of aliphatic carboxylic acids is 1. The van der Waals surface area contributed by atoms with Crippen molar-refractivity contribution in [3.05, 3.63) is 0 Å². The Morgan fingerprint density at radius 3 is 2.42 bits per heavy atom. The number of carboxylic acids is 1. The van der Waals surface area contributed by atoms with E-state index >= 15 is 0 Å². The predicted octanol–water partition coefficient (Wildman–Crippen LogP) is -1.31. The third-order valence-corrected chi connectivity index (χ3v) is 2.98. The standard InChI is InChI=1S/C11H19N3O5/c1-6(9(16)13(2)3)12-11(19)14-5-7(15)4-8(14)10(17)18/h6-8,15H,4-5H2,1-3H3,(H,12,19)(H,17,18)/t6?,7-,8-/m0/s1. The van der Waals surface area contributed by atoms with Gasteiger partial charge < -0.3 is 25.3 Å². The number of aliphatic hydroxyl groups is 1. The van der Waals surface area contributed by atoms with Gasteiger partial charge in [0.2, 0.25) is 5.91 Å². The number of carbonyl (C=O) groups excluding carboxylic acids is 2. The summed E-state index contributed by atoms with van der Waals surface area (Å²) in [6.07, 6.45) is -0.856. The van der Waals surface area contributed by atoms with Crippen molar-refractivity contribution < 1.29 is 24.6 Å².